The second kappa shape index (κ2) is 7.35. The van der Waals surface area contributed by atoms with Crippen molar-refractivity contribution < 1.29 is 0 Å². The van der Waals surface area contributed by atoms with Crippen molar-refractivity contribution in [3.05, 3.63) is 65.2 Å². The van der Waals surface area contributed by atoms with E-state index in [2.05, 4.69) is 42.6 Å². The fourth-order valence-electron chi connectivity index (χ4n) is 2.15. The summed E-state index contributed by atoms with van der Waals surface area (Å²) in [6.45, 7) is 2.89. The standard InChI is InChI=1S/C18H20N2/c1-2-3-6-15-9-11-18(12-10-15)20-14-17-8-5-4-7-16(17)13-19/h4-5,7-12,20H,2-3,6,14H2,1H3. The second-order valence-electron chi connectivity index (χ2n) is 4.92. The van der Waals surface area contributed by atoms with Crippen molar-refractivity contribution in [1.29, 1.82) is 5.26 Å². The first-order valence-corrected chi connectivity index (χ1v) is 7.14. The molecule has 0 amide bonds. The van der Waals surface area contributed by atoms with Crippen LogP contribution in [0.3, 0.4) is 0 Å². The molecule has 2 rings (SSSR count). The van der Waals surface area contributed by atoms with Crippen molar-refractivity contribution >= 4 is 5.69 Å². The van der Waals surface area contributed by atoms with E-state index in [4.69, 9.17) is 5.26 Å². The van der Waals surface area contributed by atoms with Crippen molar-refractivity contribution in [3.8, 4) is 6.07 Å². The summed E-state index contributed by atoms with van der Waals surface area (Å²) in [5, 5.41) is 12.4. The number of aryl methyl sites for hydroxylation is 1. The van der Waals surface area contributed by atoms with Crippen LogP contribution in [0, 0.1) is 11.3 Å². The maximum atomic E-state index is 9.06. The van der Waals surface area contributed by atoms with Gasteiger partial charge in [-0.3, -0.25) is 0 Å². The van der Waals surface area contributed by atoms with Gasteiger partial charge in [0, 0.05) is 12.2 Å². The van der Waals surface area contributed by atoms with Crippen molar-refractivity contribution in [2.75, 3.05) is 5.32 Å². The van der Waals surface area contributed by atoms with E-state index >= 15 is 0 Å². The van der Waals surface area contributed by atoms with E-state index in [0.717, 1.165) is 23.2 Å². The van der Waals surface area contributed by atoms with Gasteiger partial charge in [-0.25, -0.2) is 0 Å². The molecule has 0 bridgehead atoms. The second-order valence-corrected chi connectivity index (χ2v) is 4.92. The number of nitrogens with zero attached hydrogens (tertiary/aromatic N) is 1. The first kappa shape index (κ1) is 14.1. The van der Waals surface area contributed by atoms with E-state index in [9.17, 15) is 0 Å². The highest BCUT2D eigenvalue weighted by Gasteiger charge is 2.00. The highest BCUT2D eigenvalue weighted by atomic mass is 14.9. The molecule has 0 spiro atoms. The predicted molar refractivity (Wildman–Crippen MR) is 83.5 cm³/mol. The molecule has 2 aromatic rings. The molecule has 0 aliphatic heterocycles. The van der Waals surface area contributed by atoms with Gasteiger partial charge in [0.2, 0.25) is 0 Å². The van der Waals surface area contributed by atoms with Crippen molar-refractivity contribution in [2.45, 2.75) is 32.7 Å². The molecule has 0 aliphatic rings. The maximum absolute atomic E-state index is 9.06. The normalized spacial score (nSPS) is 10.0. The van der Waals surface area contributed by atoms with Gasteiger partial charge in [0.05, 0.1) is 11.6 Å². The zero-order valence-electron chi connectivity index (χ0n) is 11.9. The smallest absolute Gasteiger partial charge is 0.0995 e. The Kier molecular flexibility index (Phi) is 5.20. The molecule has 20 heavy (non-hydrogen) atoms. The largest absolute Gasteiger partial charge is 0.381 e. The summed E-state index contributed by atoms with van der Waals surface area (Å²) < 4.78 is 0. The zero-order valence-corrected chi connectivity index (χ0v) is 11.9. The number of anilines is 1. The number of hydrogen-bond acceptors (Lipinski definition) is 2. The van der Waals surface area contributed by atoms with Gasteiger partial charge in [-0.2, -0.15) is 5.26 Å². The summed E-state index contributed by atoms with van der Waals surface area (Å²) in [7, 11) is 0. The van der Waals surface area contributed by atoms with E-state index in [1.54, 1.807) is 0 Å². The minimum Gasteiger partial charge on any atom is -0.381 e. The quantitative estimate of drug-likeness (QED) is 0.833. The highest BCUT2D eigenvalue weighted by Crippen LogP contribution is 2.14. The lowest BCUT2D eigenvalue weighted by molar-refractivity contribution is 0.795. The Labute approximate surface area is 121 Å². The van der Waals surface area contributed by atoms with Crippen LogP contribution in [0.2, 0.25) is 0 Å². The predicted octanol–water partition coefficient (Wildman–Crippen LogP) is 4.51. The Morgan fingerprint density at radius 2 is 1.80 bits per heavy atom. The van der Waals surface area contributed by atoms with Crippen LogP contribution < -0.4 is 5.32 Å². The highest BCUT2D eigenvalue weighted by molar-refractivity contribution is 5.47. The molecule has 0 saturated carbocycles. The van der Waals surface area contributed by atoms with Crippen molar-refractivity contribution in [3.63, 3.8) is 0 Å². The molecule has 0 fully saturated rings. The maximum Gasteiger partial charge on any atom is 0.0995 e. The molecule has 0 heterocycles. The van der Waals surface area contributed by atoms with Crippen LogP contribution in [0.1, 0.15) is 36.5 Å². The fraction of sp³-hybridized carbons (Fsp3) is 0.278. The van der Waals surface area contributed by atoms with Gasteiger partial charge in [0.15, 0.2) is 0 Å². The van der Waals surface area contributed by atoms with Crippen molar-refractivity contribution in [2.24, 2.45) is 0 Å². The fourth-order valence-corrected chi connectivity index (χ4v) is 2.15. The summed E-state index contributed by atoms with van der Waals surface area (Å²) in [6, 6.07) is 18.5. The Morgan fingerprint density at radius 1 is 1.05 bits per heavy atom. The molecular weight excluding hydrogens is 244 g/mol. The van der Waals surface area contributed by atoms with Gasteiger partial charge in [-0.05, 0) is 42.2 Å². The molecule has 0 radical (unpaired) electrons. The topological polar surface area (TPSA) is 35.8 Å². The first-order valence-electron chi connectivity index (χ1n) is 7.14. The average Bonchev–Trinajstić information content (AvgIpc) is 2.52. The third-order valence-corrected chi connectivity index (χ3v) is 3.39. The van der Waals surface area contributed by atoms with E-state index < -0.39 is 0 Å². The number of benzene rings is 2. The minimum atomic E-state index is 0.679. The van der Waals surface area contributed by atoms with Crippen LogP contribution >= 0.6 is 0 Å². The average molecular weight is 264 g/mol. The summed E-state index contributed by atoms with van der Waals surface area (Å²) in [5.41, 5.74) is 4.25. The molecule has 0 atom stereocenters. The molecule has 2 aromatic carbocycles. The number of nitriles is 1. The van der Waals surface area contributed by atoms with Crippen LogP contribution in [-0.2, 0) is 13.0 Å². The molecule has 102 valence electrons. The van der Waals surface area contributed by atoms with Gasteiger partial charge < -0.3 is 5.32 Å². The lowest BCUT2D eigenvalue weighted by Gasteiger charge is -2.08. The summed E-state index contributed by atoms with van der Waals surface area (Å²) in [6.07, 6.45) is 3.61. The van der Waals surface area contributed by atoms with Crippen molar-refractivity contribution in [1.82, 2.24) is 0 Å². The van der Waals surface area contributed by atoms with E-state index in [1.807, 2.05) is 24.3 Å². The molecule has 2 heteroatoms. The third-order valence-electron chi connectivity index (χ3n) is 3.39. The summed E-state index contributed by atoms with van der Waals surface area (Å²) >= 11 is 0. The first-order chi connectivity index (χ1) is 9.83. The van der Waals surface area contributed by atoms with Crippen LogP contribution in [0.25, 0.3) is 0 Å². The van der Waals surface area contributed by atoms with Gasteiger partial charge in [-0.15, -0.1) is 0 Å². The monoisotopic (exact) mass is 264 g/mol. The molecular formula is C18H20N2. The lowest BCUT2D eigenvalue weighted by Crippen LogP contribution is -2.01. The van der Waals surface area contributed by atoms with Crippen LogP contribution in [0.5, 0.6) is 0 Å². The zero-order chi connectivity index (χ0) is 14.2. The van der Waals surface area contributed by atoms with Crippen LogP contribution in [0.15, 0.2) is 48.5 Å². The molecule has 0 saturated heterocycles. The lowest BCUT2D eigenvalue weighted by atomic mass is 10.1. The molecule has 0 aromatic heterocycles. The van der Waals surface area contributed by atoms with Gasteiger partial charge in [0.25, 0.3) is 0 Å². The summed E-state index contributed by atoms with van der Waals surface area (Å²) in [4.78, 5) is 0. The van der Waals surface area contributed by atoms with E-state index in [1.165, 1.54) is 18.4 Å². The van der Waals surface area contributed by atoms with Crippen LogP contribution in [-0.4, -0.2) is 0 Å². The number of unbranched alkanes of at least 4 members (excludes halogenated alkanes) is 1. The van der Waals surface area contributed by atoms with Gasteiger partial charge in [-0.1, -0.05) is 43.7 Å². The third kappa shape index (κ3) is 3.86. The SMILES string of the molecule is CCCCc1ccc(NCc2ccccc2C#N)cc1. The van der Waals surface area contributed by atoms with E-state index in [-0.39, 0.29) is 0 Å². The van der Waals surface area contributed by atoms with Crippen LogP contribution in [0.4, 0.5) is 5.69 Å². The molecule has 2 nitrogen and oxygen atoms in total. The van der Waals surface area contributed by atoms with E-state index in [0.29, 0.717) is 6.54 Å². The Bertz CT molecular complexity index is 579. The Hall–Kier alpha value is -2.27. The Balaban J connectivity index is 1.95. The van der Waals surface area contributed by atoms with Gasteiger partial charge >= 0.3 is 0 Å². The van der Waals surface area contributed by atoms with Gasteiger partial charge in [0.1, 0.15) is 0 Å². The number of hydrogen-bond donors (Lipinski definition) is 1. The summed E-state index contributed by atoms with van der Waals surface area (Å²) in [5.74, 6) is 0. The number of nitrogens with one attached hydrogen (secondary N) is 1. The molecule has 0 unspecified atom stereocenters. The minimum absolute atomic E-state index is 0.679. The Morgan fingerprint density at radius 3 is 2.50 bits per heavy atom. The number of rotatable bonds is 6. The molecule has 0 aliphatic carbocycles. The molecule has 1 N–H and O–H groups in total.